The first-order valence-electron chi connectivity index (χ1n) is 6.63. The number of anilines is 1. The number of aromatic nitrogens is 2. The molecule has 0 aliphatic heterocycles. The van der Waals surface area contributed by atoms with Crippen LogP contribution in [0.4, 0.5) is 5.13 Å². The largest absolute Gasteiger partial charge is 0.377 e. The van der Waals surface area contributed by atoms with Gasteiger partial charge in [0.15, 0.2) is 0 Å². The number of amides is 1. The van der Waals surface area contributed by atoms with Crippen LogP contribution >= 0.6 is 11.3 Å². The van der Waals surface area contributed by atoms with E-state index in [0.29, 0.717) is 17.7 Å². The predicted molar refractivity (Wildman–Crippen MR) is 79.4 cm³/mol. The van der Waals surface area contributed by atoms with Gasteiger partial charge in [0, 0.05) is 7.11 Å². The lowest BCUT2D eigenvalue weighted by atomic mass is 10.1. The van der Waals surface area contributed by atoms with Gasteiger partial charge in [-0.3, -0.25) is 4.79 Å². The van der Waals surface area contributed by atoms with Gasteiger partial charge in [-0.1, -0.05) is 36.8 Å². The highest BCUT2D eigenvalue weighted by Crippen LogP contribution is 2.59. The second kappa shape index (κ2) is 5.61. The van der Waals surface area contributed by atoms with Crippen LogP contribution in [-0.4, -0.2) is 23.2 Å². The highest BCUT2D eigenvalue weighted by molar-refractivity contribution is 7.15. The van der Waals surface area contributed by atoms with Gasteiger partial charge in [0.2, 0.25) is 11.0 Å². The van der Waals surface area contributed by atoms with Crippen molar-refractivity contribution in [3.05, 3.63) is 16.7 Å². The summed E-state index contributed by atoms with van der Waals surface area (Å²) in [6, 6.07) is 0. The molecule has 0 bridgehead atoms. The van der Waals surface area contributed by atoms with E-state index in [9.17, 15) is 4.79 Å². The summed E-state index contributed by atoms with van der Waals surface area (Å²) in [6.07, 6.45) is 2.18. The first-order valence-corrected chi connectivity index (χ1v) is 7.45. The van der Waals surface area contributed by atoms with Crippen LogP contribution in [0.2, 0.25) is 0 Å². The van der Waals surface area contributed by atoms with E-state index in [0.717, 1.165) is 5.01 Å². The normalized spacial score (nSPS) is 23.2. The number of carbonyl (C=O) groups excluding carboxylic acids is 1. The highest BCUT2D eigenvalue weighted by Gasteiger charge is 2.60. The summed E-state index contributed by atoms with van der Waals surface area (Å²) < 4.78 is 4.99. The monoisotopic (exact) mass is 295 g/mol. The van der Waals surface area contributed by atoms with Crippen molar-refractivity contribution in [1.82, 2.24) is 10.2 Å². The number of carbonyl (C=O) groups is 1. The molecule has 1 N–H and O–H groups in total. The number of methoxy groups -OCH3 is 1. The molecule has 0 aromatic carbocycles. The van der Waals surface area contributed by atoms with Crippen LogP contribution in [0.25, 0.3) is 0 Å². The molecule has 0 radical (unpaired) electrons. The Kier molecular flexibility index (Phi) is 4.25. The van der Waals surface area contributed by atoms with Gasteiger partial charge in [-0.15, -0.1) is 10.2 Å². The minimum atomic E-state index is 0.00664. The first kappa shape index (κ1) is 15.1. The van der Waals surface area contributed by atoms with Crippen molar-refractivity contribution >= 4 is 22.4 Å². The molecule has 1 aromatic rings. The molecule has 5 nitrogen and oxygen atoms in total. The number of ether oxygens (including phenoxy) is 1. The zero-order valence-corrected chi connectivity index (χ0v) is 13.4. The SMILES string of the molecule is COCc1nnc(NC(=O)[C@H]2[C@@H](C=C(C)C)C2(C)C)s1. The topological polar surface area (TPSA) is 64.1 Å². The molecule has 1 heterocycles. The van der Waals surface area contributed by atoms with E-state index in [1.165, 1.54) is 16.9 Å². The Morgan fingerprint density at radius 1 is 1.45 bits per heavy atom. The number of nitrogens with zero attached hydrogens (tertiary/aromatic N) is 2. The molecule has 1 fully saturated rings. The fourth-order valence-corrected chi connectivity index (χ4v) is 3.23. The van der Waals surface area contributed by atoms with Crippen LogP contribution < -0.4 is 5.32 Å². The van der Waals surface area contributed by atoms with E-state index in [4.69, 9.17) is 4.74 Å². The third-order valence-corrected chi connectivity index (χ3v) is 4.48. The number of hydrogen-bond donors (Lipinski definition) is 1. The van der Waals surface area contributed by atoms with Crippen molar-refractivity contribution in [2.75, 3.05) is 12.4 Å². The molecule has 1 amide bonds. The molecule has 1 aliphatic rings. The van der Waals surface area contributed by atoms with Gasteiger partial charge in [-0.25, -0.2) is 0 Å². The third kappa shape index (κ3) is 3.07. The predicted octanol–water partition coefficient (Wildman–Crippen LogP) is 2.86. The maximum atomic E-state index is 12.3. The summed E-state index contributed by atoms with van der Waals surface area (Å²) in [6.45, 7) is 8.79. The second-order valence-electron chi connectivity index (χ2n) is 5.99. The van der Waals surface area contributed by atoms with E-state index in [-0.39, 0.29) is 17.2 Å². The fraction of sp³-hybridized carbons (Fsp3) is 0.643. The lowest BCUT2D eigenvalue weighted by Crippen LogP contribution is -2.16. The Morgan fingerprint density at radius 2 is 2.15 bits per heavy atom. The lowest BCUT2D eigenvalue weighted by Gasteiger charge is -2.01. The summed E-state index contributed by atoms with van der Waals surface area (Å²) >= 11 is 1.35. The van der Waals surface area contributed by atoms with Crippen LogP contribution in [0.5, 0.6) is 0 Å². The molecular formula is C14H21N3O2S. The van der Waals surface area contributed by atoms with Gasteiger partial charge in [-0.2, -0.15) is 0 Å². The Morgan fingerprint density at radius 3 is 2.75 bits per heavy atom. The molecule has 1 aromatic heterocycles. The average Bonchev–Trinajstić information content (AvgIpc) is 2.70. The standard InChI is InChI=1S/C14H21N3O2S/c1-8(2)6-9-11(14(9,3)4)12(18)15-13-17-16-10(20-13)7-19-5/h6,9,11H,7H2,1-5H3,(H,15,17,18)/t9-,11-/m1/s1. The van der Waals surface area contributed by atoms with E-state index in [2.05, 4.69) is 49.3 Å². The van der Waals surface area contributed by atoms with Gasteiger partial charge >= 0.3 is 0 Å². The fourth-order valence-electron chi connectivity index (χ4n) is 2.52. The van der Waals surface area contributed by atoms with Crippen LogP contribution in [0.1, 0.15) is 32.7 Å². The van der Waals surface area contributed by atoms with Crippen molar-refractivity contribution in [3.63, 3.8) is 0 Å². The second-order valence-corrected chi connectivity index (χ2v) is 7.05. The molecule has 1 aliphatic carbocycles. The zero-order valence-electron chi connectivity index (χ0n) is 12.6. The minimum Gasteiger partial charge on any atom is -0.377 e. The molecule has 20 heavy (non-hydrogen) atoms. The third-order valence-electron chi connectivity index (χ3n) is 3.67. The molecule has 0 unspecified atom stereocenters. The van der Waals surface area contributed by atoms with Crippen molar-refractivity contribution in [3.8, 4) is 0 Å². The first-order chi connectivity index (χ1) is 9.36. The Balaban J connectivity index is 2.00. The van der Waals surface area contributed by atoms with Crippen molar-refractivity contribution in [2.45, 2.75) is 34.3 Å². The Hall–Kier alpha value is -1.27. The molecule has 6 heteroatoms. The molecule has 2 atom stereocenters. The van der Waals surface area contributed by atoms with E-state index in [1.54, 1.807) is 7.11 Å². The summed E-state index contributed by atoms with van der Waals surface area (Å²) in [7, 11) is 1.61. The summed E-state index contributed by atoms with van der Waals surface area (Å²) in [5, 5.41) is 12.1. The van der Waals surface area contributed by atoms with Crippen molar-refractivity contribution in [2.24, 2.45) is 17.3 Å². The lowest BCUT2D eigenvalue weighted by molar-refractivity contribution is -0.118. The molecular weight excluding hydrogens is 274 g/mol. The Bertz CT molecular complexity index is 532. The van der Waals surface area contributed by atoms with Gasteiger partial charge < -0.3 is 10.1 Å². The Labute approximate surface area is 123 Å². The minimum absolute atomic E-state index is 0.00664. The summed E-state index contributed by atoms with van der Waals surface area (Å²) in [5.41, 5.74) is 1.26. The van der Waals surface area contributed by atoms with Crippen LogP contribution in [-0.2, 0) is 16.1 Å². The number of rotatable bonds is 5. The van der Waals surface area contributed by atoms with Crippen LogP contribution in [0.15, 0.2) is 11.6 Å². The van der Waals surface area contributed by atoms with Crippen molar-refractivity contribution < 1.29 is 9.53 Å². The summed E-state index contributed by atoms with van der Waals surface area (Å²) in [5.74, 6) is 0.337. The van der Waals surface area contributed by atoms with E-state index >= 15 is 0 Å². The van der Waals surface area contributed by atoms with Gasteiger partial charge in [-0.05, 0) is 25.2 Å². The average molecular weight is 295 g/mol. The van der Waals surface area contributed by atoms with Crippen LogP contribution in [0.3, 0.4) is 0 Å². The van der Waals surface area contributed by atoms with Crippen molar-refractivity contribution in [1.29, 1.82) is 0 Å². The zero-order chi connectivity index (χ0) is 14.9. The number of nitrogens with one attached hydrogen (secondary N) is 1. The molecule has 1 saturated carbocycles. The number of allylic oxidation sites excluding steroid dienone is 2. The quantitative estimate of drug-likeness (QED) is 0.848. The smallest absolute Gasteiger partial charge is 0.230 e. The molecule has 0 saturated heterocycles. The van der Waals surface area contributed by atoms with Gasteiger partial charge in [0.05, 0.1) is 5.92 Å². The maximum Gasteiger partial charge on any atom is 0.230 e. The van der Waals surface area contributed by atoms with E-state index < -0.39 is 0 Å². The van der Waals surface area contributed by atoms with Gasteiger partial charge in [0.25, 0.3) is 0 Å². The van der Waals surface area contributed by atoms with Gasteiger partial charge in [0.1, 0.15) is 11.6 Å². The molecule has 0 spiro atoms. The maximum absolute atomic E-state index is 12.3. The molecule has 110 valence electrons. The van der Waals surface area contributed by atoms with E-state index in [1.807, 2.05) is 0 Å². The highest BCUT2D eigenvalue weighted by atomic mass is 32.1. The van der Waals surface area contributed by atoms with Crippen LogP contribution in [0, 0.1) is 17.3 Å². The summed E-state index contributed by atoms with van der Waals surface area (Å²) in [4.78, 5) is 12.3. The number of hydrogen-bond acceptors (Lipinski definition) is 5. The molecule has 2 rings (SSSR count).